The number of carbonyl (C=O) groups excluding carboxylic acids is 1. The van der Waals surface area contributed by atoms with Crippen LogP contribution in [0.4, 0.5) is 26.3 Å². The quantitative estimate of drug-likeness (QED) is 0.614. The first-order valence-corrected chi connectivity index (χ1v) is 6.76. The summed E-state index contributed by atoms with van der Waals surface area (Å²) >= 11 is 5.96. The van der Waals surface area contributed by atoms with Crippen LogP contribution < -0.4 is 5.32 Å². The van der Waals surface area contributed by atoms with Gasteiger partial charge in [0.15, 0.2) is 0 Å². The van der Waals surface area contributed by atoms with Gasteiger partial charge in [0.1, 0.15) is 5.70 Å². The molecule has 0 aromatic carbocycles. The third-order valence-electron chi connectivity index (χ3n) is 3.91. The molecule has 126 valence electrons. The molecule has 4 unspecified atom stereocenters. The minimum atomic E-state index is -5.37. The SMILES string of the molecule is COC1CC2C(C(=O)C(F)(F)F)=C(C(F)(F)F)NC2CC1Cl. The van der Waals surface area contributed by atoms with Crippen molar-refractivity contribution in [3.63, 3.8) is 0 Å². The average Bonchev–Trinajstić information content (AvgIpc) is 2.73. The second kappa shape index (κ2) is 5.59. The van der Waals surface area contributed by atoms with Crippen molar-refractivity contribution in [1.82, 2.24) is 5.32 Å². The Balaban J connectivity index is 2.44. The van der Waals surface area contributed by atoms with Crippen LogP contribution in [0, 0.1) is 5.92 Å². The normalized spacial score (nSPS) is 32.7. The van der Waals surface area contributed by atoms with Crippen molar-refractivity contribution in [3.05, 3.63) is 11.3 Å². The molecule has 2 aliphatic rings. The van der Waals surface area contributed by atoms with E-state index in [-0.39, 0.29) is 12.8 Å². The highest BCUT2D eigenvalue weighted by Gasteiger charge is 2.56. The van der Waals surface area contributed by atoms with Crippen molar-refractivity contribution in [2.45, 2.75) is 42.7 Å². The average molecular weight is 352 g/mol. The Morgan fingerprint density at radius 2 is 1.82 bits per heavy atom. The van der Waals surface area contributed by atoms with Crippen molar-refractivity contribution in [1.29, 1.82) is 0 Å². The number of Topliss-reactive ketones (excluding diaryl/α,β-unsaturated/α-hetero) is 1. The highest BCUT2D eigenvalue weighted by Crippen LogP contribution is 2.45. The molecule has 4 atom stereocenters. The van der Waals surface area contributed by atoms with E-state index in [1.807, 2.05) is 5.32 Å². The van der Waals surface area contributed by atoms with Crippen molar-refractivity contribution in [3.8, 4) is 0 Å². The van der Waals surface area contributed by atoms with E-state index in [4.69, 9.17) is 16.3 Å². The minimum absolute atomic E-state index is 0.0288. The first kappa shape index (κ1) is 17.4. The third-order valence-corrected chi connectivity index (χ3v) is 4.37. The smallest absolute Gasteiger partial charge is 0.380 e. The first-order valence-electron chi connectivity index (χ1n) is 6.33. The molecule has 0 radical (unpaired) electrons. The van der Waals surface area contributed by atoms with E-state index >= 15 is 0 Å². The molecule has 0 saturated heterocycles. The summed E-state index contributed by atoms with van der Waals surface area (Å²) in [7, 11) is 1.27. The van der Waals surface area contributed by atoms with Gasteiger partial charge in [0.05, 0.1) is 11.5 Å². The molecule has 2 rings (SSSR count). The fraction of sp³-hybridized carbons (Fsp3) is 0.750. The van der Waals surface area contributed by atoms with Crippen LogP contribution in [0.5, 0.6) is 0 Å². The summed E-state index contributed by atoms with van der Waals surface area (Å²) in [5.41, 5.74) is -2.89. The van der Waals surface area contributed by atoms with E-state index in [9.17, 15) is 31.1 Å². The molecule has 0 aromatic rings. The molecule has 3 nitrogen and oxygen atoms in total. The Morgan fingerprint density at radius 1 is 1.23 bits per heavy atom. The van der Waals surface area contributed by atoms with Crippen LogP contribution in [0.1, 0.15) is 12.8 Å². The van der Waals surface area contributed by atoms with E-state index in [2.05, 4.69) is 0 Å². The van der Waals surface area contributed by atoms with Gasteiger partial charge in [-0.1, -0.05) is 0 Å². The van der Waals surface area contributed by atoms with Crippen LogP contribution in [0.3, 0.4) is 0 Å². The fourth-order valence-corrected chi connectivity index (χ4v) is 3.36. The van der Waals surface area contributed by atoms with Crippen molar-refractivity contribution in [2.75, 3.05) is 7.11 Å². The van der Waals surface area contributed by atoms with Gasteiger partial charge in [-0.2, -0.15) is 26.3 Å². The zero-order chi connectivity index (χ0) is 16.9. The number of methoxy groups -OCH3 is 1. The molecule has 1 aliphatic carbocycles. The Morgan fingerprint density at radius 3 is 2.27 bits per heavy atom. The van der Waals surface area contributed by atoms with Gasteiger partial charge in [-0.05, 0) is 12.8 Å². The minimum Gasteiger partial charge on any atom is -0.380 e. The number of hydrogen-bond acceptors (Lipinski definition) is 3. The summed E-state index contributed by atoms with van der Waals surface area (Å²) in [6, 6.07) is -0.966. The van der Waals surface area contributed by atoms with Gasteiger partial charge in [-0.25, -0.2) is 0 Å². The molecule has 1 aliphatic heterocycles. The number of carbonyl (C=O) groups is 1. The van der Waals surface area contributed by atoms with Crippen molar-refractivity contribution < 1.29 is 35.9 Å². The summed E-state index contributed by atoms with van der Waals surface area (Å²) in [4.78, 5) is 11.5. The summed E-state index contributed by atoms with van der Waals surface area (Å²) in [6.07, 6.45) is -11.4. The number of rotatable bonds is 2. The number of ketones is 1. The lowest BCUT2D eigenvalue weighted by Gasteiger charge is -2.35. The molecule has 10 heteroatoms. The number of alkyl halides is 7. The number of allylic oxidation sites excluding steroid dienone is 1. The number of halogens is 7. The van der Waals surface area contributed by atoms with E-state index in [1.165, 1.54) is 7.11 Å². The maximum absolute atomic E-state index is 13.0. The molecule has 1 heterocycles. The molecular formula is C12H12ClF6NO2. The van der Waals surface area contributed by atoms with Gasteiger partial charge in [-0.3, -0.25) is 4.79 Å². The third kappa shape index (κ3) is 3.05. The van der Waals surface area contributed by atoms with Crippen LogP contribution >= 0.6 is 11.6 Å². The summed E-state index contributed by atoms with van der Waals surface area (Å²) in [5.74, 6) is -3.70. The van der Waals surface area contributed by atoms with Gasteiger partial charge in [0.2, 0.25) is 0 Å². The molecule has 1 fully saturated rings. The highest BCUT2D eigenvalue weighted by molar-refractivity contribution is 6.21. The lowest BCUT2D eigenvalue weighted by atomic mass is 9.78. The standard InChI is InChI=1S/C12H12ClF6NO2/c1-22-7-2-4-6(3-5(7)13)20-9(11(14,15)16)8(4)10(21)12(17,18)19/h4-7,20H,2-3H2,1H3. The molecule has 1 saturated carbocycles. The van der Waals surface area contributed by atoms with Gasteiger partial charge < -0.3 is 10.1 Å². The molecular weight excluding hydrogens is 340 g/mol. The number of ether oxygens (including phenoxy) is 1. The Bertz CT molecular complexity index is 501. The predicted octanol–water partition coefficient (Wildman–Crippen LogP) is 2.94. The fourth-order valence-electron chi connectivity index (χ4n) is 2.96. The van der Waals surface area contributed by atoms with Crippen LogP contribution in [0.15, 0.2) is 11.3 Å². The number of hydrogen-bond donors (Lipinski definition) is 1. The van der Waals surface area contributed by atoms with Crippen LogP contribution in [-0.2, 0) is 9.53 Å². The van der Waals surface area contributed by atoms with Crippen molar-refractivity contribution >= 4 is 17.4 Å². The lowest BCUT2D eigenvalue weighted by Crippen LogP contribution is -2.44. The summed E-state index contributed by atoms with van der Waals surface area (Å²) < 4.78 is 81.8. The Hall–Kier alpha value is -0.960. The van der Waals surface area contributed by atoms with Crippen LogP contribution in [0.25, 0.3) is 0 Å². The second-order valence-corrected chi connectivity index (χ2v) is 5.79. The van der Waals surface area contributed by atoms with Gasteiger partial charge >= 0.3 is 12.4 Å². The molecule has 0 spiro atoms. The maximum atomic E-state index is 13.0. The highest BCUT2D eigenvalue weighted by atomic mass is 35.5. The lowest BCUT2D eigenvalue weighted by molar-refractivity contribution is -0.167. The van der Waals surface area contributed by atoms with Crippen LogP contribution in [0.2, 0.25) is 0 Å². The first-order chi connectivity index (χ1) is 9.96. The number of nitrogens with one attached hydrogen (secondary N) is 1. The Kier molecular flexibility index (Phi) is 4.42. The Labute approximate surface area is 126 Å². The van der Waals surface area contributed by atoms with Crippen molar-refractivity contribution in [2.24, 2.45) is 5.92 Å². The largest absolute Gasteiger partial charge is 0.454 e. The van der Waals surface area contributed by atoms with Crippen LogP contribution in [-0.4, -0.2) is 42.8 Å². The van der Waals surface area contributed by atoms with Gasteiger partial charge in [0, 0.05) is 24.6 Å². The molecule has 0 bridgehead atoms. The van der Waals surface area contributed by atoms with E-state index < -0.39 is 52.8 Å². The van der Waals surface area contributed by atoms with Gasteiger partial charge in [-0.15, -0.1) is 11.6 Å². The molecule has 0 amide bonds. The monoisotopic (exact) mass is 351 g/mol. The summed E-state index contributed by atoms with van der Waals surface area (Å²) in [6.45, 7) is 0. The summed E-state index contributed by atoms with van der Waals surface area (Å²) in [5, 5.41) is 1.36. The van der Waals surface area contributed by atoms with E-state index in [1.54, 1.807) is 0 Å². The molecule has 0 aromatic heterocycles. The number of fused-ring (bicyclic) bond motifs is 1. The molecule has 22 heavy (non-hydrogen) atoms. The zero-order valence-electron chi connectivity index (χ0n) is 11.2. The second-order valence-electron chi connectivity index (χ2n) is 5.23. The van der Waals surface area contributed by atoms with Gasteiger partial charge in [0.25, 0.3) is 5.78 Å². The topological polar surface area (TPSA) is 38.3 Å². The predicted molar refractivity (Wildman–Crippen MR) is 64.2 cm³/mol. The maximum Gasteiger partial charge on any atom is 0.454 e. The molecule has 1 N–H and O–H groups in total. The zero-order valence-corrected chi connectivity index (χ0v) is 11.9. The van der Waals surface area contributed by atoms with E-state index in [0.717, 1.165) is 0 Å². The van der Waals surface area contributed by atoms with E-state index in [0.29, 0.717) is 0 Å².